The van der Waals surface area contributed by atoms with E-state index in [1.165, 1.54) is 0 Å². The Morgan fingerprint density at radius 1 is 1.35 bits per heavy atom. The molecule has 1 rings (SSSR count). The largest absolute Gasteiger partial charge is 0.459 e. The van der Waals surface area contributed by atoms with E-state index < -0.39 is 20.2 Å². The zero-order valence-corrected chi connectivity index (χ0v) is 14.2. The fraction of sp³-hybridized carbons (Fsp3) is 0.929. The summed E-state index contributed by atoms with van der Waals surface area (Å²) >= 11 is 0. The van der Waals surface area contributed by atoms with Crippen LogP contribution in [0.25, 0.3) is 0 Å². The van der Waals surface area contributed by atoms with E-state index in [4.69, 9.17) is 4.74 Å². The van der Waals surface area contributed by atoms with Crippen LogP contribution in [-0.4, -0.2) is 54.5 Å². The van der Waals surface area contributed by atoms with Gasteiger partial charge in [0.05, 0.1) is 10.5 Å². The van der Waals surface area contributed by atoms with Gasteiger partial charge < -0.3 is 4.74 Å². The molecule has 1 saturated heterocycles. The predicted molar refractivity (Wildman–Crippen MR) is 79.4 cm³/mol. The molecule has 20 heavy (non-hydrogen) atoms. The van der Waals surface area contributed by atoms with Gasteiger partial charge in [-0.3, -0.25) is 9.69 Å². The first kappa shape index (κ1) is 17.4. The number of carbonyl (C=O) groups excluding carboxylic acids is 1. The number of hydrogen-bond acceptors (Lipinski definition) is 5. The molecule has 0 aromatic heterocycles. The standard InChI is InChI=1S/C14H27NO4S/c1-7-11(12(16)19-13(2,3)4)15-8-9-20(17,18)14(5,6)10-15/h11H,7-10H2,1-6H3/t11-/m0/s1. The minimum atomic E-state index is -3.09. The van der Waals surface area contributed by atoms with Gasteiger partial charge in [0, 0.05) is 13.1 Å². The molecular formula is C14H27NO4S. The van der Waals surface area contributed by atoms with Gasteiger partial charge in [0.15, 0.2) is 9.84 Å². The van der Waals surface area contributed by atoms with E-state index >= 15 is 0 Å². The maximum absolute atomic E-state index is 12.2. The van der Waals surface area contributed by atoms with Crippen molar-refractivity contribution in [3.63, 3.8) is 0 Å². The highest BCUT2D eigenvalue weighted by Crippen LogP contribution is 2.26. The van der Waals surface area contributed by atoms with Gasteiger partial charge in [-0.15, -0.1) is 0 Å². The number of nitrogens with zero attached hydrogens (tertiary/aromatic N) is 1. The number of sulfone groups is 1. The van der Waals surface area contributed by atoms with E-state index in [0.29, 0.717) is 19.5 Å². The average molecular weight is 305 g/mol. The fourth-order valence-electron chi connectivity index (χ4n) is 2.39. The van der Waals surface area contributed by atoms with Gasteiger partial charge in [-0.25, -0.2) is 8.42 Å². The molecule has 0 radical (unpaired) electrons. The molecule has 1 aliphatic rings. The van der Waals surface area contributed by atoms with Gasteiger partial charge in [-0.05, 0) is 41.0 Å². The lowest BCUT2D eigenvalue weighted by Gasteiger charge is -2.41. The van der Waals surface area contributed by atoms with Gasteiger partial charge in [-0.2, -0.15) is 0 Å². The highest BCUT2D eigenvalue weighted by molar-refractivity contribution is 7.92. The van der Waals surface area contributed by atoms with Crippen molar-refractivity contribution in [1.29, 1.82) is 0 Å². The molecule has 1 atom stereocenters. The summed E-state index contributed by atoms with van der Waals surface area (Å²) in [5, 5.41) is 0. The van der Waals surface area contributed by atoms with Gasteiger partial charge in [-0.1, -0.05) is 6.92 Å². The van der Waals surface area contributed by atoms with E-state index in [0.717, 1.165) is 0 Å². The highest BCUT2D eigenvalue weighted by Gasteiger charge is 2.43. The lowest BCUT2D eigenvalue weighted by molar-refractivity contribution is -0.161. The van der Waals surface area contributed by atoms with E-state index in [1.807, 2.05) is 32.6 Å². The maximum Gasteiger partial charge on any atom is 0.323 e. The third-order valence-electron chi connectivity index (χ3n) is 3.58. The van der Waals surface area contributed by atoms with Crippen molar-refractivity contribution >= 4 is 15.8 Å². The Hall–Kier alpha value is -0.620. The van der Waals surface area contributed by atoms with Crippen molar-refractivity contribution in [2.45, 2.75) is 64.4 Å². The third kappa shape index (κ3) is 3.95. The van der Waals surface area contributed by atoms with Gasteiger partial charge in [0.2, 0.25) is 0 Å². The molecule has 0 bridgehead atoms. The number of hydrogen-bond donors (Lipinski definition) is 0. The quantitative estimate of drug-likeness (QED) is 0.741. The molecule has 0 saturated carbocycles. The molecule has 6 heteroatoms. The number of esters is 1. The van der Waals surface area contributed by atoms with Crippen LogP contribution >= 0.6 is 0 Å². The Balaban J connectivity index is 2.85. The molecule has 1 fully saturated rings. The van der Waals surface area contributed by atoms with Crippen LogP contribution in [-0.2, 0) is 19.4 Å². The first-order chi connectivity index (χ1) is 8.89. The van der Waals surface area contributed by atoms with Crippen LogP contribution in [0.5, 0.6) is 0 Å². The first-order valence-corrected chi connectivity index (χ1v) is 8.74. The maximum atomic E-state index is 12.2. The molecule has 1 aliphatic heterocycles. The second-order valence-electron chi connectivity index (χ2n) is 7.01. The average Bonchev–Trinajstić information content (AvgIpc) is 2.21. The molecule has 118 valence electrons. The summed E-state index contributed by atoms with van der Waals surface area (Å²) < 4.78 is 28.6. The molecule has 0 N–H and O–H groups in total. The van der Waals surface area contributed by atoms with Crippen LogP contribution in [0.15, 0.2) is 0 Å². The minimum Gasteiger partial charge on any atom is -0.459 e. The molecular weight excluding hydrogens is 278 g/mol. The molecule has 5 nitrogen and oxygen atoms in total. The van der Waals surface area contributed by atoms with Crippen LogP contribution in [0.4, 0.5) is 0 Å². The Bertz CT molecular complexity index is 462. The van der Waals surface area contributed by atoms with Crippen molar-refractivity contribution in [1.82, 2.24) is 4.90 Å². The van der Waals surface area contributed by atoms with Crippen molar-refractivity contribution < 1.29 is 17.9 Å². The normalized spacial score (nSPS) is 24.1. The zero-order valence-electron chi connectivity index (χ0n) is 13.4. The van der Waals surface area contributed by atoms with Crippen LogP contribution in [0, 0.1) is 0 Å². The van der Waals surface area contributed by atoms with Gasteiger partial charge >= 0.3 is 5.97 Å². The smallest absolute Gasteiger partial charge is 0.323 e. The van der Waals surface area contributed by atoms with Gasteiger partial charge in [0.1, 0.15) is 11.6 Å². The number of rotatable bonds is 3. The topological polar surface area (TPSA) is 63.7 Å². The van der Waals surface area contributed by atoms with E-state index in [9.17, 15) is 13.2 Å². The van der Waals surface area contributed by atoms with Crippen molar-refractivity contribution in [2.75, 3.05) is 18.8 Å². The predicted octanol–water partition coefficient (Wildman–Crippen LogP) is 1.62. The Morgan fingerprint density at radius 2 is 1.90 bits per heavy atom. The van der Waals surface area contributed by atoms with Crippen LogP contribution in [0.3, 0.4) is 0 Å². The van der Waals surface area contributed by atoms with Crippen LogP contribution < -0.4 is 0 Å². The summed E-state index contributed by atoms with van der Waals surface area (Å²) in [6, 6.07) is -0.371. The third-order valence-corrected chi connectivity index (χ3v) is 6.11. The highest BCUT2D eigenvalue weighted by atomic mass is 32.2. The molecule has 0 aliphatic carbocycles. The monoisotopic (exact) mass is 305 g/mol. The molecule has 0 amide bonds. The second kappa shape index (κ2) is 5.64. The summed E-state index contributed by atoms with van der Waals surface area (Å²) in [5.41, 5.74) is -0.526. The number of ether oxygens (including phenoxy) is 1. The fourth-order valence-corrected chi connectivity index (χ4v) is 3.78. The van der Waals surface area contributed by atoms with Crippen LogP contribution in [0.1, 0.15) is 48.0 Å². The van der Waals surface area contributed by atoms with Gasteiger partial charge in [0.25, 0.3) is 0 Å². The molecule has 0 aromatic carbocycles. The first-order valence-electron chi connectivity index (χ1n) is 7.09. The van der Waals surface area contributed by atoms with E-state index in [-0.39, 0.29) is 17.8 Å². The van der Waals surface area contributed by atoms with Crippen molar-refractivity contribution in [3.8, 4) is 0 Å². The molecule has 0 aromatic rings. The molecule has 0 spiro atoms. The summed E-state index contributed by atoms with van der Waals surface area (Å²) in [6.45, 7) is 11.6. The lowest BCUT2D eigenvalue weighted by atomic mass is 10.1. The van der Waals surface area contributed by atoms with Crippen LogP contribution in [0.2, 0.25) is 0 Å². The second-order valence-corrected chi connectivity index (χ2v) is 9.75. The summed E-state index contributed by atoms with van der Waals surface area (Å²) in [4.78, 5) is 14.2. The van der Waals surface area contributed by atoms with E-state index in [1.54, 1.807) is 13.8 Å². The molecule has 1 heterocycles. The minimum absolute atomic E-state index is 0.0965. The summed E-state index contributed by atoms with van der Waals surface area (Å²) in [7, 11) is -3.09. The Labute approximate surface area is 122 Å². The molecule has 0 unspecified atom stereocenters. The number of carbonyl (C=O) groups is 1. The zero-order chi connectivity index (χ0) is 15.8. The van der Waals surface area contributed by atoms with Crippen molar-refractivity contribution in [3.05, 3.63) is 0 Å². The lowest BCUT2D eigenvalue weighted by Crippen LogP contribution is -2.58. The Morgan fingerprint density at radius 3 is 2.30 bits per heavy atom. The Kier molecular flexibility index (Phi) is 4.91. The summed E-state index contributed by atoms with van der Waals surface area (Å²) in [6.07, 6.45) is 0.616. The van der Waals surface area contributed by atoms with E-state index in [2.05, 4.69) is 0 Å². The van der Waals surface area contributed by atoms with Crippen molar-refractivity contribution in [2.24, 2.45) is 0 Å². The summed E-state index contributed by atoms with van der Waals surface area (Å²) in [5.74, 6) is -0.172. The SMILES string of the molecule is CC[C@@H](C(=O)OC(C)(C)C)N1CCS(=O)(=O)C(C)(C)C1.